The highest BCUT2D eigenvalue weighted by atomic mass is 19.1. The maximum Gasteiger partial charge on any atom is 0.325 e. The Morgan fingerprint density at radius 1 is 1.19 bits per heavy atom. The quantitative estimate of drug-likeness (QED) is 0.660. The molecule has 3 rings (SSSR count). The first-order valence-corrected chi connectivity index (χ1v) is 7.93. The fraction of sp³-hybridized carbons (Fsp3) is 0.211. The van der Waals surface area contributed by atoms with Crippen LogP contribution in [-0.2, 0) is 10.3 Å². The van der Waals surface area contributed by atoms with Crippen molar-refractivity contribution in [3.63, 3.8) is 0 Å². The van der Waals surface area contributed by atoms with Crippen molar-refractivity contribution >= 4 is 17.7 Å². The molecule has 0 unspecified atom stereocenters. The number of imide groups is 1. The van der Waals surface area contributed by atoms with E-state index in [0.717, 1.165) is 11.0 Å². The number of ether oxygens (including phenoxy) is 1. The van der Waals surface area contributed by atoms with Crippen molar-refractivity contribution in [2.24, 2.45) is 0 Å². The average Bonchev–Trinajstić information content (AvgIpc) is 2.86. The Morgan fingerprint density at radius 2 is 1.88 bits per heavy atom. The van der Waals surface area contributed by atoms with Crippen LogP contribution < -0.4 is 10.1 Å². The molecule has 26 heavy (non-hydrogen) atoms. The van der Waals surface area contributed by atoms with Crippen LogP contribution in [-0.4, -0.2) is 36.3 Å². The molecule has 6 nitrogen and oxygen atoms in total. The number of ketones is 1. The maximum atomic E-state index is 13.8. The molecule has 1 atom stereocenters. The molecule has 2 aromatic carbocycles. The Kier molecular flexibility index (Phi) is 4.46. The van der Waals surface area contributed by atoms with Crippen LogP contribution in [0.1, 0.15) is 22.8 Å². The molecule has 0 saturated carbocycles. The smallest absolute Gasteiger partial charge is 0.325 e. The second-order valence-electron chi connectivity index (χ2n) is 6.08. The number of halogens is 1. The number of nitrogens with zero attached hydrogens (tertiary/aromatic N) is 1. The number of methoxy groups -OCH3 is 1. The third-order valence-corrected chi connectivity index (χ3v) is 4.40. The zero-order valence-electron chi connectivity index (χ0n) is 14.3. The Morgan fingerprint density at radius 3 is 2.50 bits per heavy atom. The summed E-state index contributed by atoms with van der Waals surface area (Å²) in [6, 6.07) is 11.8. The lowest BCUT2D eigenvalue weighted by Crippen LogP contribution is -2.41. The second kappa shape index (κ2) is 6.59. The topological polar surface area (TPSA) is 75.7 Å². The van der Waals surface area contributed by atoms with Gasteiger partial charge < -0.3 is 10.1 Å². The number of hydrogen-bond acceptors (Lipinski definition) is 4. The van der Waals surface area contributed by atoms with Gasteiger partial charge in [-0.3, -0.25) is 14.5 Å². The molecule has 0 aliphatic carbocycles. The lowest BCUT2D eigenvalue weighted by atomic mass is 9.92. The normalized spacial score (nSPS) is 19.4. The second-order valence-corrected chi connectivity index (χ2v) is 6.08. The first-order chi connectivity index (χ1) is 12.4. The summed E-state index contributed by atoms with van der Waals surface area (Å²) in [7, 11) is 1.32. The van der Waals surface area contributed by atoms with Crippen molar-refractivity contribution in [2.75, 3.05) is 13.7 Å². The standard InChI is InChI=1S/C19H17FN2O4/c1-19(13-6-4-3-5-7-13)17(24)22(18(25)21-19)11-15(23)12-8-9-16(26-2)14(20)10-12/h3-10H,11H2,1-2H3,(H,21,25)/t19-/m1/s1. The summed E-state index contributed by atoms with van der Waals surface area (Å²) < 4.78 is 18.6. The number of carbonyl (C=O) groups is 3. The van der Waals surface area contributed by atoms with Gasteiger partial charge in [-0.05, 0) is 30.7 Å². The van der Waals surface area contributed by atoms with Crippen molar-refractivity contribution in [1.29, 1.82) is 0 Å². The zero-order valence-corrected chi connectivity index (χ0v) is 14.3. The van der Waals surface area contributed by atoms with Gasteiger partial charge in [0.1, 0.15) is 5.54 Å². The van der Waals surface area contributed by atoms with Crippen molar-refractivity contribution in [1.82, 2.24) is 10.2 Å². The molecule has 7 heteroatoms. The van der Waals surface area contributed by atoms with E-state index < -0.39 is 35.6 Å². The fourth-order valence-corrected chi connectivity index (χ4v) is 2.88. The molecular weight excluding hydrogens is 339 g/mol. The van der Waals surface area contributed by atoms with Gasteiger partial charge in [0.2, 0.25) is 0 Å². The molecule has 1 aliphatic heterocycles. The van der Waals surface area contributed by atoms with Crippen molar-refractivity contribution in [3.8, 4) is 5.75 Å². The minimum atomic E-state index is -1.25. The largest absolute Gasteiger partial charge is 0.494 e. The molecule has 0 aromatic heterocycles. The monoisotopic (exact) mass is 356 g/mol. The minimum absolute atomic E-state index is 0.00759. The summed E-state index contributed by atoms with van der Waals surface area (Å²) in [5, 5.41) is 2.62. The van der Waals surface area contributed by atoms with Gasteiger partial charge >= 0.3 is 6.03 Å². The molecule has 1 saturated heterocycles. The zero-order chi connectivity index (χ0) is 18.9. The number of amides is 3. The highest BCUT2D eigenvalue weighted by Gasteiger charge is 2.49. The maximum absolute atomic E-state index is 13.8. The SMILES string of the molecule is COc1ccc(C(=O)CN2C(=O)N[C@](C)(c3ccccc3)C2=O)cc1F. The molecule has 3 amide bonds. The third kappa shape index (κ3) is 2.92. The molecule has 0 radical (unpaired) electrons. The van der Waals surface area contributed by atoms with Gasteiger partial charge in [-0.15, -0.1) is 0 Å². The molecular formula is C19H17FN2O4. The van der Waals surface area contributed by atoms with Crippen LogP contribution in [0.15, 0.2) is 48.5 Å². The molecule has 1 aliphatic rings. The first-order valence-electron chi connectivity index (χ1n) is 7.93. The van der Waals surface area contributed by atoms with E-state index in [1.807, 2.05) is 0 Å². The lowest BCUT2D eigenvalue weighted by Gasteiger charge is -2.22. The Bertz CT molecular complexity index is 884. The summed E-state index contributed by atoms with van der Waals surface area (Å²) in [6.45, 7) is 1.11. The minimum Gasteiger partial charge on any atom is -0.494 e. The van der Waals surface area contributed by atoms with Crippen LogP contribution in [0.5, 0.6) is 5.75 Å². The van der Waals surface area contributed by atoms with E-state index in [0.29, 0.717) is 5.56 Å². The predicted molar refractivity (Wildman–Crippen MR) is 91.3 cm³/mol. The Hall–Kier alpha value is -3.22. The van der Waals surface area contributed by atoms with Crippen molar-refractivity contribution < 1.29 is 23.5 Å². The van der Waals surface area contributed by atoms with Gasteiger partial charge in [0.25, 0.3) is 5.91 Å². The van der Waals surface area contributed by atoms with Crippen LogP contribution in [0.4, 0.5) is 9.18 Å². The molecule has 134 valence electrons. The summed E-state index contributed by atoms with van der Waals surface area (Å²) in [4.78, 5) is 38.3. The number of Topliss-reactive ketones (excluding diaryl/α,β-unsaturated/α-hetero) is 1. The van der Waals surface area contributed by atoms with E-state index in [9.17, 15) is 18.8 Å². The number of hydrogen-bond donors (Lipinski definition) is 1. The fourth-order valence-electron chi connectivity index (χ4n) is 2.88. The van der Waals surface area contributed by atoms with Crippen LogP contribution in [0.2, 0.25) is 0 Å². The lowest BCUT2D eigenvalue weighted by molar-refractivity contribution is -0.130. The molecule has 0 bridgehead atoms. The van der Waals surface area contributed by atoms with E-state index >= 15 is 0 Å². The van der Waals surface area contributed by atoms with Gasteiger partial charge in [0.05, 0.1) is 13.7 Å². The number of nitrogens with one attached hydrogen (secondary N) is 1. The average molecular weight is 356 g/mol. The first kappa shape index (κ1) is 17.6. The van der Waals surface area contributed by atoms with Crippen molar-refractivity contribution in [2.45, 2.75) is 12.5 Å². The molecule has 1 heterocycles. The van der Waals surface area contributed by atoms with Gasteiger partial charge in [0.15, 0.2) is 17.3 Å². The van der Waals surface area contributed by atoms with Gasteiger partial charge in [-0.1, -0.05) is 30.3 Å². The summed E-state index contributed by atoms with van der Waals surface area (Å²) in [6.07, 6.45) is 0. The van der Waals surface area contributed by atoms with Crippen LogP contribution in [0, 0.1) is 5.82 Å². The molecule has 1 N–H and O–H groups in total. The highest BCUT2D eigenvalue weighted by Crippen LogP contribution is 2.29. The number of urea groups is 1. The van der Waals surface area contributed by atoms with E-state index in [4.69, 9.17) is 4.74 Å². The predicted octanol–water partition coefficient (Wildman–Crippen LogP) is 2.48. The van der Waals surface area contributed by atoms with Gasteiger partial charge in [-0.2, -0.15) is 0 Å². The van der Waals surface area contributed by atoms with Crippen LogP contribution >= 0.6 is 0 Å². The highest BCUT2D eigenvalue weighted by molar-refractivity contribution is 6.11. The van der Waals surface area contributed by atoms with Crippen molar-refractivity contribution in [3.05, 3.63) is 65.5 Å². The van der Waals surface area contributed by atoms with Gasteiger partial charge in [-0.25, -0.2) is 9.18 Å². The van der Waals surface area contributed by atoms with E-state index in [-0.39, 0.29) is 11.3 Å². The summed E-state index contributed by atoms with van der Waals surface area (Å²) in [5.74, 6) is -1.76. The number of carbonyl (C=O) groups excluding carboxylic acids is 3. The van der Waals surface area contributed by atoms with E-state index in [2.05, 4.69) is 5.32 Å². The Labute approximate surface area is 149 Å². The van der Waals surface area contributed by atoms with Crippen LogP contribution in [0.25, 0.3) is 0 Å². The van der Waals surface area contributed by atoms with E-state index in [1.54, 1.807) is 37.3 Å². The van der Waals surface area contributed by atoms with Gasteiger partial charge in [0, 0.05) is 5.56 Å². The third-order valence-electron chi connectivity index (χ3n) is 4.40. The van der Waals surface area contributed by atoms with Crippen LogP contribution in [0.3, 0.4) is 0 Å². The molecule has 0 spiro atoms. The number of benzene rings is 2. The number of rotatable bonds is 5. The molecule has 1 fully saturated rings. The van der Waals surface area contributed by atoms with E-state index in [1.165, 1.54) is 19.2 Å². The Balaban J connectivity index is 1.82. The summed E-state index contributed by atoms with van der Waals surface area (Å²) >= 11 is 0. The summed E-state index contributed by atoms with van der Waals surface area (Å²) in [5.41, 5.74) is -0.579. The molecule has 2 aromatic rings.